The third kappa shape index (κ3) is 8.58. The first-order chi connectivity index (χ1) is 15.5. The number of carbonyl (C=O) groups excluding carboxylic acids is 1. The quantitative estimate of drug-likeness (QED) is 0.503. The molecule has 0 N–H and O–H groups in total. The van der Waals surface area contributed by atoms with Crippen LogP contribution in [0.25, 0.3) is 0 Å². The minimum Gasteiger partial charge on any atom is -0.460 e. The lowest BCUT2D eigenvalue weighted by Gasteiger charge is -2.33. The van der Waals surface area contributed by atoms with Crippen molar-refractivity contribution < 1.29 is 36.9 Å². The monoisotopic (exact) mass is 467 g/mol. The molecule has 1 aliphatic heterocycles. The molecule has 0 radical (unpaired) electrons. The van der Waals surface area contributed by atoms with Crippen molar-refractivity contribution in [1.29, 1.82) is 0 Å². The van der Waals surface area contributed by atoms with Gasteiger partial charge in [-0.05, 0) is 62.7 Å². The van der Waals surface area contributed by atoms with Crippen molar-refractivity contribution in [2.75, 3.05) is 26.2 Å². The second kappa shape index (κ2) is 10.4. The van der Waals surface area contributed by atoms with Crippen LogP contribution in [-0.2, 0) is 14.3 Å². The predicted octanol–water partition coefficient (Wildman–Crippen LogP) is 5.48. The summed E-state index contributed by atoms with van der Waals surface area (Å²) in [4.78, 5) is 14.1. The first kappa shape index (κ1) is 24.9. The van der Waals surface area contributed by atoms with E-state index < -0.39 is 12.0 Å². The molecule has 9 heteroatoms. The van der Waals surface area contributed by atoms with E-state index in [1.807, 2.05) is 32.9 Å². The van der Waals surface area contributed by atoms with Gasteiger partial charge in [0.25, 0.3) is 0 Å². The van der Waals surface area contributed by atoms with Gasteiger partial charge in [0.1, 0.15) is 22.8 Å². The third-order valence-electron chi connectivity index (χ3n) is 4.75. The van der Waals surface area contributed by atoms with Crippen molar-refractivity contribution in [3.05, 3.63) is 54.1 Å². The van der Waals surface area contributed by atoms with E-state index in [-0.39, 0.29) is 17.8 Å². The molecule has 1 heterocycles. The van der Waals surface area contributed by atoms with Gasteiger partial charge in [-0.1, -0.05) is 12.1 Å². The Balaban J connectivity index is 1.51. The molecular formula is C24H28F3NO5. The number of rotatable bonds is 7. The van der Waals surface area contributed by atoms with Crippen LogP contribution in [0.4, 0.5) is 13.2 Å². The topological polar surface area (TPSA) is 57.2 Å². The van der Waals surface area contributed by atoms with Gasteiger partial charge in [-0.15, -0.1) is 13.2 Å². The van der Waals surface area contributed by atoms with Crippen LogP contribution in [0.5, 0.6) is 17.2 Å². The fourth-order valence-electron chi connectivity index (χ4n) is 3.35. The molecule has 0 bridgehead atoms. The van der Waals surface area contributed by atoms with E-state index in [0.29, 0.717) is 37.6 Å². The Labute approximate surface area is 191 Å². The van der Waals surface area contributed by atoms with Gasteiger partial charge >= 0.3 is 12.3 Å². The van der Waals surface area contributed by atoms with Gasteiger partial charge in [-0.25, -0.2) is 0 Å². The highest BCUT2D eigenvalue weighted by Gasteiger charge is 2.31. The number of ether oxygens (including phenoxy) is 4. The number of carbonyl (C=O) groups is 1. The SMILES string of the molecule is CC(C)(C)OC(=O)CCN1CCOC(c2ccc(Oc3ccc(OC(F)(F)F)cc3)cc2)C1. The van der Waals surface area contributed by atoms with Crippen LogP contribution in [-0.4, -0.2) is 49.1 Å². The molecular weight excluding hydrogens is 439 g/mol. The van der Waals surface area contributed by atoms with Crippen LogP contribution in [0.1, 0.15) is 38.9 Å². The molecule has 33 heavy (non-hydrogen) atoms. The van der Waals surface area contributed by atoms with Crippen LogP contribution in [0, 0.1) is 0 Å². The van der Waals surface area contributed by atoms with E-state index in [1.54, 1.807) is 12.1 Å². The number of hydrogen-bond acceptors (Lipinski definition) is 6. The lowest BCUT2D eigenvalue weighted by atomic mass is 10.1. The highest BCUT2D eigenvalue weighted by atomic mass is 19.4. The molecule has 2 aromatic carbocycles. The average Bonchev–Trinajstić information content (AvgIpc) is 2.72. The molecule has 3 rings (SSSR count). The van der Waals surface area contributed by atoms with Gasteiger partial charge < -0.3 is 18.9 Å². The summed E-state index contributed by atoms with van der Waals surface area (Å²) in [7, 11) is 0. The molecule has 180 valence electrons. The Morgan fingerprint density at radius 3 is 2.15 bits per heavy atom. The zero-order valence-corrected chi connectivity index (χ0v) is 18.9. The van der Waals surface area contributed by atoms with Gasteiger partial charge in [0.05, 0.1) is 19.1 Å². The number of nitrogens with zero attached hydrogens (tertiary/aromatic N) is 1. The van der Waals surface area contributed by atoms with Crippen molar-refractivity contribution >= 4 is 5.97 Å². The number of alkyl halides is 3. The molecule has 0 aromatic heterocycles. The molecule has 0 saturated carbocycles. The number of morpholine rings is 1. The number of esters is 1. The molecule has 1 saturated heterocycles. The largest absolute Gasteiger partial charge is 0.573 e. The second-order valence-corrected chi connectivity index (χ2v) is 8.69. The Morgan fingerprint density at radius 1 is 1.00 bits per heavy atom. The maximum atomic E-state index is 12.3. The predicted molar refractivity (Wildman–Crippen MR) is 115 cm³/mol. The third-order valence-corrected chi connectivity index (χ3v) is 4.75. The van der Waals surface area contributed by atoms with Crippen LogP contribution in [0.2, 0.25) is 0 Å². The van der Waals surface area contributed by atoms with Crippen LogP contribution in [0.15, 0.2) is 48.5 Å². The minimum absolute atomic E-state index is 0.134. The number of hydrogen-bond donors (Lipinski definition) is 0. The van der Waals surface area contributed by atoms with Crippen molar-refractivity contribution in [3.8, 4) is 17.2 Å². The molecule has 1 aliphatic rings. The fourth-order valence-corrected chi connectivity index (χ4v) is 3.35. The molecule has 0 aliphatic carbocycles. The summed E-state index contributed by atoms with van der Waals surface area (Å²) in [6.07, 6.45) is -4.54. The van der Waals surface area contributed by atoms with Gasteiger partial charge in [0.15, 0.2) is 0 Å². The molecule has 1 atom stereocenters. The van der Waals surface area contributed by atoms with Gasteiger partial charge in [-0.3, -0.25) is 9.69 Å². The van der Waals surface area contributed by atoms with Gasteiger partial charge in [-0.2, -0.15) is 0 Å². The first-order valence-electron chi connectivity index (χ1n) is 10.7. The van der Waals surface area contributed by atoms with E-state index in [9.17, 15) is 18.0 Å². The fraction of sp³-hybridized carbons (Fsp3) is 0.458. The van der Waals surface area contributed by atoms with Crippen molar-refractivity contribution in [1.82, 2.24) is 4.90 Å². The van der Waals surface area contributed by atoms with Crippen LogP contribution < -0.4 is 9.47 Å². The van der Waals surface area contributed by atoms with E-state index in [4.69, 9.17) is 14.2 Å². The van der Waals surface area contributed by atoms with E-state index in [0.717, 1.165) is 12.1 Å². The maximum absolute atomic E-state index is 12.3. The zero-order valence-electron chi connectivity index (χ0n) is 18.9. The van der Waals surface area contributed by atoms with E-state index in [1.165, 1.54) is 24.3 Å². The summed E-state index contributed by atoms with van der Waals surface area (Å²) >= 11 is 0. The summed E-state index contributed by atoms with van der Waals surface area (Å²) in [5, 5.41) is 0. The van der Waals surface area contributed by atoms with Crippen LogP contribution >= 0.6 is 0 Å². The van der Waals surface area contributed by atoms with Crippen LogP contribution in [0.3, 0.4) is 0 Å². The smallest absolute Gasteiger partial charge is 0.460 e. The van der Waals surface area contributed by atoms with Gasteiger partial charge in [0.2, 0.25) is 0 Å². The molecule has 0 spiro atoms. The molecule has 1 unspecified atom stereocenters. The summed E-state index contributed by atoms with van der Waals surface area (Å²) in [6, 6.07) is 12.5. The Morgan fingerprint density at radius 2 is 1.58 bits per heavy atom. The molecule has 0 amide bonds. The van der Waals surface area contributed by atoms with Crippen molar-refractivity contribution in [2.24, 2.45) is 0 Å². The Hall–Kier alpha value is -2.78. The maximum Gasteiger partial charge on any atom is 0.573 e. The first-order valence-corrected chi connectivity index (χ1v) is 10.7. The molecule has 1 fully saturated rings. The number of halogens is 3. The lowest BCUT2D eigenvalue weighted by molar-refractivity contribution is -0.274. The Bertz CT molecular complexity index is 908. The normalized spacial score (nSPS) is 17.5. The summed E-state index contributed by atoms with van der Waals surface area (Å²) in [5.74, 6) is 0.404. The summed E-state index contributed by atoms with van der Waals surface area (Å²) in [6.45, 7) is 8.10. The summed E-state index contributed by atoms with van der Waals surface area (Å²) < 4.78 is 57.6. The second-order valence-electron chi connectivity index (χ2n) is 8.69. The highest BCUT2D eigenvalue weighted by Crippen LogP contribution is 2.29. The van der Waals surface area contributed by atoms with Crippen molar-refractivity contribution in [2.45, 2.75) is 45.3 Å². The van der Waals surface area contributed by atoms with E-state index in [2.05, 4.69) is 9.64 Å². The highest BCUT2D eigenvalue weighted by molar-refractivity contribution is 5.70. The summed E-state index contributed by atoms with van der Waals surface area (Å²) in [5.41, 5.74) is 0.478. The van der Waals surface area contributed by atoms with Crippen molar-refractivity contribution in [3.63, 3.8) is 0 Å². The standard InChI is InChI=1S/C24H28F3NO5/c1-23(2,3)33-22(29)12-13-28-14-15-30-21(16-28)17-4-6-18(7-5-17)31-19-8-10-20(11-9-19)32-24(25,26)27/h4-11,21H,12-16H2,1-3H3. The molecule has 6 nitrogen and oxygen atoms in total. The lowest BCUT2D eigenvalue weighted by Crippen LogP contribution is -2.39. The zero-order chi connectivity index (χ0) is 24.1. The average molecular weight is 467 g/mol. The Kier molecular flexibility index (Phi) is 7.86. The molecule has 2 aromatic rings. The van der Waals surface area contributed by atoms with Gasteiger partial charge in [0, 0.05) is 19.6 Å². The van der Waals surface area contributed by atoms with E-state index >= 15 is 0 Å². The minimum atomic E-state index is -4.73. The number of benzene rings is 2.